The third-order valence-electron chi connectivity index (χ3n) is 3.53. The lowest BCUT2D eigenvalue weighted by atomic mass is 10.1. The minimum Gasteiger partial charge on any atom is -0.507 e. The molecule has 24 heavy (non-hydrogen) atoms. The summed E-state index contributed by atoms with van der Waals surface area (Å²) >= 11 is 0. The molecule has 3 aromatic rings. The number of nitrogens with zero attached hydrogens (tertiary/aromatic N) is 1. The highest BCUT2D eigenvalue weighted by molar-refractivity contribution is 5.86. The minimum atomic E-state index is -0.415. The van der Waals surface area contributed by atoms with E-state index in [1.807, 2.05) is 25.1 Å². The van der Waals surface area contributed by atoms with Gasteiger partial charge in [-0.05, 0) is 36.8 Å². The van der Waals surface area contributed by atoms with E-state index < -0.39 is 5.63 Å². The third kappa shape index (κ3) is 4.26. The van der Waals surface area contributed by atoms with Crippen molar-refractivity contribution in [2.75, 3.05) is 0 Å². The summed E-state index contributed by atoms with van der Waals surface area (Å²) in [6.45, 7) is 2.79. The molecule has 5 nitrogen and oxygen atoms in total. The summed E-state index contributed by atoms with van der Waals surface area (Å²) in [5.41, 5.74) is 2.33. The first-order valence-corrected chi connectivity index (χ1v) is 7.01. The molecule has 0 radical (unpaired) electrons. The van der Waals surface area contributed by atoms with E-state index in [0.717, 1.165) is 16.6 Å². The number of pyridine rings is 1. The fourth-order valence-corrected chi connectivity index (χ4v) is 2.42. The molecule has 0 fully saturated rings. The van der Waals surface area contributed by atoms with Gasteiger partial charge in [-0.3, -0.25) is 4.98 Å². The maximum absolute atomic E-state index is 11.6. The zero-order valence-electron chi connectivity index (χ0n) is 13.0. The molecule has 0 aliphatic heterocycles. The predicted molar refractivity (Wildman–Crippen MR) is 98.2 cm³/mol. The van der Waals surface area contributed by atoms with Crippen LogP contribution in [0.4, 0.5) is 0 Å². The number of halogens is 2. The van der Waals surface area contributed by atoms with Gasteiger partial charge in [0.1, 0.15) is 11.3 Å². The van der Waals surface area contributed by atoms with Crippen LogP contribution in [0.5, 0.6) is 5.75 Å². The number of benzene rings is 1. The largest absolute Gasteiger partial charge is 0.507 e. The molecule has 0 atom stereocenters. The van der Waals surface area contributed by atoms with E-state index in [1.165, 1.54) is 6.07 Å². The molecule has 2 N–H and O–H groups in total. The molecule has 0 bridgehead atoms. The summed E-state index contributed by atoms with van der Waals surface area (Å²) in [7, 11) is 0. The van der Waals surface area contributed by atoms with Gasteiger partial charge in [-0.2, -0.15) is 0 Å². The van der Waals surface area contributed by atoms with E-state index in [1.54, 1.807) is 18.3 Å². The molecule has 2 heterocycles. The van der Waals surface area contributed by atoms with Crippen LogP contribution in [0.1, 0.15) is 16.8 Å². The molecule has 0 aliphatic carbocycles. The molecule has 0 saturated carbocycles. The zero-order chi connectivity index (χ0) is 15.5. The summed E-state index contributed by atoms with van der Waals surface area (Å²) in [6.07, 6.45) is 1.73. The molecule has 7 heteroatoms. The fraction of sp³-hybridized carbons (Fsp3) is 0.176. The number of fused-ring (bicyclic) bond motifs is 1. The zero-order valence-corrected chi connectivity index (χ0v) is 14.6. The van der Waals surface area contributed by atoms with Crippen LogP contribution in [0.2, 0.25) is 0 Å². The van der Waals surface area contributed by atoms with Crippen molar-refractivity contribution in [1.29, 1.82) is 0 Å². The summed E-state index contributed by atoms with van der Waals surface area (Å²) in [5, 5.41) is 14.1. The predicted octanol–water partition coefficient (Wildman–Crippen LogP) is 3.34. The van der Waals surface area contributed by atoms with Gasteiger partial charge in [0.05, 0.1) is 11.3 Å². The van der Waals surface area contributed by atoms with Crippen molar-refractivity contribution in [1.82, 2.24) is 10.3 Å². The van der Waals surface area contributed by atoms with Crippen molar-refractivity contribution in [3.8, 4) is 5.75 Å². The van der Waals surface area contributed by atoms with E-state index in [9.17, 15) is 9.90 Å². The highest BCUT2D eigenvalue weighted by Gasteiger charge is 2.11. The van der Waals surface area contributed by atoms with Gasteiger partial charge in [0.25, 0.3) is 0 Å². The van der Waals surface area contributed by atoms with Gasteiger partial charge in [-0.1, -0.05) is 6.07 Å². The van der Waals surface area contributed by atoms with Crippen molar-refractivity contribution in [2.45, 2.75) is 20.0 Å². The van der Waals surface area contributed by atoms with Crippen molar-refractivity contribution < 1.29 is 9.52 Å². The van der Waals surface area contributed by atoms with Crippen LogP contribution in [0.25, 0.3) is 11.0 Å². The van der Waals surface area contributed by atoms with Gasteiger partial charge in [0.2, 0.25) is 0 Å². The molecule has 2 aromatic heterocycles. The number of phenols is 1. The van der Waals surface area contributed by atoms with Crippen LogP contribution < -0.4 is 10.9 Å². The smallest absolute Gasteiger partial charge is 0.336 e. The lowest BCUT2D eigenvalue weighted by molar-refractivity contribution is 0.460. The van der Waals surface area contributed by atoms with E-state index in [4.69, 9.17) is 4.42 Å². The van der Waals surface area contributed by atoms with Crippen LogP contribution in [0.3, 0.4) is 0 Å². The highest BCUT2D eigenvalue weighted by Crippen LogP contribution is 2.27. The van der Waals surface area contributed by atoms with Crippen LogP contribution in [0.15, 0.2) is 51.8 Å². The third-order valence-corrected chi connectivity index (χ3v) is 3.53. The summed E-state index contributed by atoms with van der Waals surface area (Å²) in [6, 6.07) is 10.5. The SMILES string of the molecule is Cc1cc(=O)oc2c(CNCc3ccccn3)c(O)ccc12.Cl.Cl. The van der Waals surface area contributed by atoms with E-state index in [2.05, 4.69) is 10.3 Å². The second kappa shape index (κ2) is 8.68. The Kier molecular flexibility index (Phi) is 7.22. The fourth-order valence-electron chi connectivity index (χ4n) is 2.42. The molecule has 0 aliphatic rings. The van der Waals surface area contributed by atoms with Crippen molar-refractivity contribution in [3.05, 3.63) is 69.8 Å². The van der Waals surface area contributed by atoms with E-state index in [-0.39, 0.29) is 30.6 Å². The van der Waals surface area contributed by atoms with Gasteiger partial charge in [-0.25, -0.2) is 4.79 Å². The van der Waals surface area contributed by atoms with Crippen LogP contribution in [-0.2, 0) is 13.1 Å². The Bertz CT molecular complexity index is 867. The Morgan fingerprint density at radius 2 is 1.96 bits per heavy atom. The lowest BCUT2D eigenvalue weighted by Crippen LogP contribution is -2.14. The number of aromatic nitrogens is 1. The molecular formula is C17H18Cl2N2O3. The van der Waals surface area contributed by atoms with Gasteiger partial charge in [0.15, 0.2) is 0 Å². The Morgan fingerprint density at radius 1 is 1.17 bits per heavy atom. The van der Waals surface area contributed by atoms with Gasteiger partial charge >= 0.3 is 5.63 Å². The number of hydrogen-bond donors (Lipinski definition) is 2. The van der Waals surface area contributed by atoms with Gasteiger partial charge in [-0.15, -0.1) is 24.8 Å². The summed E-state index contributed by atoms with van der Waals surface area (Å²) < 4.78 is 5.29. The van der Waals surface area contributed by atoms with Crippen LogP contribution in [0, 0.1) is 6.92 Å². The van der Waals surface area contributed by atoms with Crippen molar-refractivity contribution in [2.24, 2.45) is 0 Å². The number of aromatic hydroxyl groups is 1. The molecule has 1 aromatic carbocycles. The minimum absolute atomic E-state index is 0. The van der Waals surface area contributed by atoms with Crippen molar-refractivity contribution in [3.63, 3.8) is 0 Å². The summed E-state index contributed by atoms with van der Waals surface area (Å²) in [5.74, 6) is 0.106. The maximum Gasteiger partial charge on any atom is 0.336 e. The second-order valence-corrected chi connectivity index (χ2v) is 5.11. The Labute approximate surface area is 151 Å². The number of phenolic OH excluding ortho intramolecular Hbond substituents is 1. The van der Waals surface area contributed by atoms with Gasteiger partial charge in [0, 0.05) is 30.7 Å². The highest BCUT2D eigenvalue weighted by atomic mass is 35.5. The lowest BCUT2D eigenvalue weighted by Gasteiger charge is -2.10. The van der Waals surface area contributed by atoms with Crippen molar-refractivity contribution >= 4 is 35.8 Å². The molecular weight excluding hydrogens is 351 g/mol. The van der Waals surface area contributed by atoms with E-state index in [0.29, 0.717) is 24.2 Å². The second-order valence-electron chi connectivity index (χ2n) is 5.11. The first-order chi connectivity index (χ1) is 10.6. The number of nitrogens with one attached hydrogen (secondary N) is 1. The molecule has 3 rings (SSSR count). The molecule has 0 spiro atoms. The quantitative estimate of drug-likeness (QED) is 0.690. The Balaban J connectivity index is 0.00000144. The average Bonchev–Trinajstić information content (AvgIpc) is 2.50. The molecule has 0 unspecified atom stereocenters. The maximum atomic E-state index is 11.6. The summed E-state index contributed by atoms with van der Waals surface area (Å²) in [4.78, 5) is 15.8. The normalized spacial score (nSPS) is 10.0. The van der Waals surface area contributed by atoms with E-state index >= 15 is 0 Å². The molecule has 0 saturated heterocycles. The first kappa shape index (κ1) is 20.0. The monoisotopic (exact) mass is 368 g/mol. The van der Waals surface area contributed by atoms with Crippen LogP contribution >= 0.6 is 24.8 Å². The topological polar surface area (TPSA) is 75.4 Å². The Morgan fingerprint density at radius 3 is 2.67 bits per heavy atom. The standard InChI is InChI=1S/C17H16N2O3.2ClH/c1-11-8-16(21)22-17-13(11)5-6-15(20)14(17)10-18-9-12-4-2-3-7-19-12;;/h2-8,18,20H,9-10H2,1H3;2*1H. The molecule has 0 amide bonds. The average molecular weight is 369 g/mol. The Hall–Kier alpha value is -2.08. The number of hydrogen-bond acceptors (Lipinski definition) is 5. The number of aryl methyl sites for hydroxylation is 1. The number of rotatable bonds is 4. The van der Waals surface area contributed by atoms with Crippen LogP contribution in [-0.4, -0.2) is 10.1 Å². The molecule has 128 valence electrons. The van der Waals surface area contributed by atoms with Gasteiger partial charge < -0.3 is 14.8 Å². The first-order valence-electron chi connectivity index (χ1n) is 7.01.